The van der Waals surface area contributed by atoms with Crippen LogP contribution >= 0.6 is 0 Å². The molecule has 21 heavy (non-hydrogen) atoms. The maximum absolute atomic E-state index is 12.6. The molecule has 2 heterocycles. The van der Waals surface area contributed by atoms with E-state index in [4.69, 9.17) is 4.74 Å². The number of hydrogen-bond donors (Lipinski definition) is 0. The smallest absolute Gasteiger partial charge is 0.242 e. The molecular formula is C17H24N2O2. The Bertz CT molecular complexity index is 517. The third kappa shape index (κ3) is 3.05. The molecule has 0 aliphatic carbocycles. The van der Waals surface area contributed by atoms with E-state index < -0.39 is 0 Å². The fourth-order valence-corrected chi connectivity index (χ4v) is 3.29. The van der Waals surface area contributed by atoms with Gasteiger partial charge >= 0.3 is 0 Å². The number of ether oxygens (including phenoxy) is 1. The molecule has 4 heteroatoms. The number of morpholine rings is 1. The van der Waals surface area contributed by atoms with E-state index in [2.05, 4.69) is 36.1 Å². The molecule has 114 valence electrons. The summed E-state index contributed by atoms with van der Waals surface area (Å²) < 4.78 is 5.52. The first-order valence-electron chi connectivity index (χ1n) is 7.89. The fraction of sp³-hybridized carbons (Fsp3) is 0.588. The van der Waals surface area contributed by atoms with E-state index >= 15 is 0 Å². The van der Waals surface area contributed by atoms with Crippen LogP contribution in [0.4, 0.5) is 5.69 Å². The monoisotopic (exact) mass is 288 g/mol. The van der Waals surface area contributed by atoms with Crippen LogP contribution in [0.3, 0.4) is 0 Å². The van der Waals surface area contributed by atoms with Crippen LogP contribution in [-0.4, -0.2) is 49.2 Å². The lowest BCUT2D eigenvalue weighted by atomic mass is 9.96. The van der Waals surface area contributed by atoms with Crippen molar-refractivity contribution in [3.8, 4) is 0 Å². The number of benzene rings is 1. The molecule has 1 saturated heterocycles. The van der Waals surface area contributed by atoms with Crippen LogP contribution in [0.15, 0.2) is 24.3 Å². The first kappa shape index (κ1) is 14.4. The summed E-state index contributed by atoms with van der Waals surface area (Å²) in [7, 11) is 0. The lowest BCUT2D eigenvalue weighted by Gasteiger charge is -2.39. The zero-order valence-electron chi connectivity index (χ0n) is 12.9. The van der Waals surface area contributed by atoms with Crippen molar-refractivity contribution in [2.24, 2.45) is 0 Å². The first-order valence-corrected chi connectivity index (χ1v) is 7.89. The van der Waals surface area contributed by atoms with Gasteiger partial charge < -0.3 is 14.5 Å². The number of aryl methyl sites for hydroxylation is 1. The van der Waals surface area contributed by atoms with Crippen LogP contribution < -0.4 is 4.90 Å². The van der Waals surface area contributed by atoms with Gasteiger partial charge in [0.15, 0.2) is 0 Å². The Morgan fingerprint density at radius 1 is 1.33 bits per heavy atom. The van der Waals surface area contributed by atoms with Gasteiger partial charge in [0.05, 0.1) is 19.3 Å². The number of carbonyl (C=O) groups is 1. The van der Waals surface area contributed by atoms with E-state index in [9.17, 15) is 4.79 Å². The summed E-state index contributed by atoms with van der Waals surface area (Å²) in [5, 5.41) is 0. The van der Waals surface area contributed by atoms with Crippen molar-refractivity contribution in [2.45, 2.75) is 38.8 Å². The summed E-state index contributed by atoms with van der Waals surface area (Å²) in [6.45, 7) is 6.79. The highest BCUT2D eigenvalue weighted by Gasteiger charge is 2.28. The third-order valence-electron chi connectivity index (χ3n) is 4.56. The van der Waals surface area contributed by atoms with Crippen molar-refractivity contribution in [3.63, 3.8) is 0 Å². The van der Waals surface area contributed by atoms with Crippen molar-refractivity contribution < 1.29 is 9.53 Å². The van der Waals surface area contributed by atoms with Crippen LogP contribution in [0.25, 0.3) is 0 Å². The molecule has 0 bridgehead atoms. The highest BCUT2D eigenvalue weighted by molar-refractivity contribution is 5.82. The quantitative estimate of drug-likeness (QED) is 0.835. The van der Waals surface area contributed by atoms with Gasteiger partial charge in [0.1, 0.15) is 0 Å². The summed E-state index contributed by atoms with van der Waals surface area (Å²) in [6, 6.07) is 8.88. The van der Waals surface area contributed by atoms with E-state index in [0.717, 1.165) is 12.8 Å². The van der Waals surface area contributed by atoms with Gasteiger partial charge in [-0.05, 0) is 38.3 Å². The van der Waals surface area contributed by atoms with Gasteiger partial charge in [0.25, 0.3) is 0 Å². The van der Waals surface area contributed by atoms with Gasteiger partial charge in [0, 0.05) is 24.8 Å². The summed E-state index contributed by atoms with van der Waals surface area (Å²) >= 11 is 0. The molecule has 0 unspecified atom stereocenters. The molecule has 1 aromatic carbocycles. The SMILES string of the molecule is C[C@@H]1CN(C(=O)CN2c3ccccc3CC[C@H]2C)CCO1. The minimum Gasteiger partial charge on any atom is -0.375 e. The van der Waals surface area contributed by atoms with Crippen molar-refractivity contribution in [1.82, 2.24) is 4.90 Å². The van der Waals surface area contributed by atoms with Gasteiger partial charge in [-0.15, -0.1) is 0 Å². The molecule has 0 aromatic heterocycles. The summed E-state index contributed by atoms with van der Waals surface area (Å²) in [5.41, 5.74) is 2.59. The van der Waals surface area contributed by atoms with Gasteiger partial charge in [-0.25, -0.2) is 0 Å². The lowest BCUT2D eigenvalue weighted by Crippen LogP contribution is -2.50. The molecule has 2 aliphatic rings. The molecule has 1 fully saturated rings. The van der Waals surface area contributed by atoms with Gasteiger partial charge in [-0.1, -0.05) is 18.2 Å². The Balaban J connectivity index is 1.73. The average Bonchev–Trinajstić information content (AvgIpc) is 2.50. The normalized spacial score (nSPS) is 25.6. The second-order valence-corrected chi connectivity index (χ2v) is 6.17. The zero-order valence-corrected chi connectivity index (χ0v) is 12.9. The van der Waals surface area contributed by atoms with Crippen molar-refractivity contribution in [2.75, 3.05) is 31.1 Å². The van der Waals surface area contributed by atoms with Crippen molar-refractivity contribution >= 4 is 11.6 Å². The predicted octanol–water partition coefficient (Wildman–Crippen LogP) is 2.07. The third-order valence-corrected chi connectivity index (χ3v) is 4.56. The van der Waals surface area contributed by atoms with Gasteiger partial charge in [-0.3, -0.25) is 4.79 Å². The van der Waals surface area contributed by atoms with Crippen LogP contribution in [0.1, 0.15) is 25.8 Å². The van der Waals surface area contributed by atoms with Gasteiger partial charge in [-0.2, -0.15) is 0 Å². The summed E-state index contributed by atoms with van der Waals surface area (Å²) in [4.78, 5) is 16.8. The van der Waals surface area contributed by atoms with Crippen LogP contribution in [0.2, 0.25) is 0 Å². The minimum absolute atomic E-state index is 0.147. The second-order valence-electron chi connectivity index (χ2n) is 6.17. The number of fused-ring (bicyclic) bond motifs is 1. The number of amides is 1. The number of anilines is 1. The Hall–Kier alpha value is -1.55. The molecule has 0 N–H and O–H groups in total. The fourth-order valence-electron chi connectivity index (χ4n) is 3.29. The molecule has 0 spiro atoms. The molecule has 4 nitrogen and oxygen atoms in total. The zero-order chi connectivity index (χ0) is 14.8. The average molecular weight is 288 g/mol. The Morgan fingerprint density at radius 2 is 2.14 bits per heavy atom. The van der Waals surface area contributed by atoms with Crippen LogP contribution in [0.5, 0.6) is 0 Å². The molecule has 0 saturated carbocycles. The first-order chi connectivity index (χ1) is 10.1. The molecule has 0 radical (unpaired) electrons. The van der Waals surface area contributed by atoms with Gasteiger partial charge in [0.2, 0.25) is 5.91 Å². The highest BCUT2D eigenvalue weighted by atomic mass is 16.5. The minimum atomic E-state index is 0.147. The Kier molecular flexibility index (Phi) is 4.15. The maximum atomic E-state index is 12.6. The highest BCUT2D eigenvalue weighted by Crippen LogP contribution is 2.30. The predicted molar refractivity (Wildman–Crippen MR) is 83.6 cm³/mol. The van der Waals surface area contributed by atoms with Crippen LogP contribution in [-0.2, 0) is 16.0 Å². The standard InChI is InChI=1S/C17H24N2O2/c1-13-7-8-15-5-3-4-6-16(15)19(13)12-17(20)18-9-10-21-14(2)11-18/h3-6,13-14H,7-12H2,1-2H3/t13-,14-/m1/s1. The number of para-hydroxylation sites is 1. The Morgan fingerprint density at radius 3 is 2.95 bits per heavy atom. The number of nitrogens with zero attached hydrogens (tertiary/aromatic N) is 2. The largest absolute Gasteiger partial charge is 0.375 e. The molecule has 2 atom stereocenters. The number of hydrogen-bond acceptors (Lipinski definition) is 3. The molecule has 3 rings (SSSR count). The van der Waals surface area contributed by atoms with Crippen LogP contribution in [0, 0.1) is 0 Å². The van der Waals surface area contributed by atoms with Crippen molar-refractivity contribution in [3.05, 3.63) is 29.8 Å². The van der Waals surface area contributed by atoms with E-state index in [1.54, 1.807) is 0 Å². The molecule has 1 aromatic rings. The second kappa shape index (κ2) is 6.06. The summed E-state index contributed by atoms with van der Waals surface area (Å²) in [6.07, 6.45) is 2.37. The molecular weight excluding hydrogens is 264 g/mol. The number of carbonyl (C=O) groups excluding carboxylic acids is 1. The Labute approximate surface area is 126 Å². The van der Waals surface area contributed by atoms with E-state index in [1.807, 2.05) is 11.8 Å². The lowest BCUT2D eigenvalue weighted by molar-refractivity contribution is -0.136. The van der Waals surface area contributed by atoms with E-state index in [-0.39, 0.29) is 12.0 Å². The molecule has 1 amide bonds. The topological polar surface area (TPSA) is 32.8 Å². The summed E-state index contributed by atoms with van der Waals surface area (Å²) in [5.74, 6) is 0.216. The van der Waals surface area contributed by atoms with Crippen molar-refractivity contribution in [1.29, 1.82) is 0 Å². The van der Waals surface area contributed by atoms with E-state index in [0.29, 0.717) is 32.3 Å². The maximum Gasteiger partial charge on any atom is 0.242 e. The number of rotatable bonds is 2. The van der Waals surface area contributed by atoms with E-state index in [1.165, 1.54) is 11.3 Å². The molecule has 2 aliphatic heterocycles.